The molecule has 0 aliphatic carbocycles. The topological polar surface area (TPSA) is 106 Å². The molecule has 0 aliphatic heterocycles. The fourth-order valence-electron chi connectivity index (χ4n) is 1.09. The van der Waals surface area contributed by atoms with Gasteiger partial charge in [0.25, 0.3) is 5.82 Å². The van der Waals surface area contributed by atoms with Crippen molar-refractivity contribution in [3.63, 3.8) is 0 Å². The first-order valence-electron chi connectivity index (χ1n) is 5.37. The summed E-state index contributed by atoms with van der Waals surface area (Å²) in [6.45, 7) is 5.90. The Bertz CT molecular complexity index is 435. The Kier molecular flexibility index (Phi) is 4.24. The number of rotatable bonds is 4. The fourth-order valence-corrected chi connectivity index (χ4v) is 1.09. The number of carboxylic acids is 1. The normalized spacial score (nSPS) is 11.1. The molecular formula is C10H16N4O4. The first kappa shape index (κ1) is 13.9. The summed E-state index contributed by atoms with van der Waals surface area (Å²) in [7, 11) is 0. The highest BCUT2D eigenvalue weighted by Gasteiger charge is 2.15. The zero-order valence-electron chi connectivity index (χ0n) is 10.5. The molecular weight excluding hydrogens is 240 g/mol. The number of carbonyl (C=O) groups excluding carboxylic acids is 1. The van der Waals surface area contributed by atoms with Gasteiger partial charge in [0, 0.05) is 6.54 Å². The molecule has 0 bridgehead atoms. The van der Waals surface area contributed by atoms with Gasteiger partial charge >= 0.3 is 12.1 Å². The van der Waals surface area contributed by atoms with E-state index in [1.165, 1.54) is 11.0 Å². The zero-order valence-corrected chi connectivity index (χ0v) is 10.5. The monoisotopic (exact) mass is 256 g/mol. The molecule has 1 rings (SSSR count). The molecule has 1 aromatic heterocycles. The number of alkyl carbamates (subject to hydrolysis) is 1. The molecule has 0 saturated heterocycles. The first-order valence-corrected chi connectivity index (χ1v) is 5.37. The van der Waals surface area contributed by atoms with Gasteiger partial charge in [-0.2, -0.15) is 0 Å². The van der Waals surface area contributed by atoms with Gasteiger partial charge in [-0.1, -0.05) is 0 Å². The number of nitrogens with one attached hydrogen (secondary N) is 1. The maximum atomic E-state index is 11.3. The lowest BCUT2D eigenvalue weighted by Crippen LogP contribution is -2.34. The van der Waals surface area contributed by atoms with Crippen LogP contribution in [-0.4, -0.2) is 44.1 Å². The van der Waals surface area contributed by atoms with E-state index in [2.05, 4.69) is 15.4 Å². The van der Waals surface area contributed by atoms with E-state index in [0.717, 1.165) is 0 Å². The van der Waals surface area contributed by atoms with Gasteiger partial charge in [-0.25, -0.2) is 14.6 Å². The Labute approximate surface area is 104 Å². The van der Waals surface area contributed by atoms with Crippen LogP contribution in [0.15, 0.2) is 6.33 Å². The molecule has 0 fully saturated rings. The van der Waals surface area contributed by atoms with Crippen molar-refractivity contribution < 1.29 is 19.4 Å². The summed E-state index contributed by atoms with van der Waals surface area (Å²) < 4.78 is 6.36. The predicted molar refractivity (Wildman–Crippen MR) is 61.2 cm³/mol. The van der Waals surface area contributed by atoms with Crippen LogP contribution in [0, 0.1) is 0 Å². The van der Waals surface area contributed by atoms with Crippen LogP contribution in [-0.2, 0) is 11.3 Å². The van der Waals surface area contributed by atoms with Crippen LogP contribution in [0.2, 0.25) is 0 Å². The van der Waals surface area contributed by atoms with Crippen molar-refractivity contribution in [3.8, 4) is 0 Å². The fraction of sp³-hybridized carbons (Fsp3) is 0.600. The Morgan fingerprint density at radius 1 is 1.50 bits per heavy atom. The Morgan fingerprint density at radius 3 is 2.67 bits per heavy atom. The standard InChI is InChI=1S/C10H16N4O4/c1-10(2,3)18-9(17)11-4-5-14-6-12-7(13-14)8(15)16/h6H,4-5H2,1-3H3,(H,11,17)(H,15,16). The molecule has 18 heavy (non-hydrogen) atoms. The van der Waals surface area contributed by atoms with E-state index in [-0.39, 0.29) is 12.4 Å². The minimum Gasteiger partial charge on any atom is -0.475 e. The van der Waals surface area contributed by atoms with Gasteiger partial charge in [-0.3, -0.25) is 4.68 Å². The molecule has 8 nitrogen and oxygen atoms in total. The molecule has 0 aliphatic rings. The third-order valence-corrected chi connectivity index (χ3v) is 1.74. The van der Waals surface area contributed by atoms with Crippen LogP contribution in [0.4, 0.5) is 4.79 Å². The highest BCUT2D eigenvalue weighted by atomic mass is 16.6. The molecule has 2 N–H and O–H groups in total. The summed E-state index contributed by atoms with van der Waals surface area (Å²) >= 11 is 0. The zero-order chi connectivity index (χ0) is 13.8. The molecule has 0 spiro atoms. The number of hydrogen-bond donors (Lipinski definition) is 2. The summed E-state index contributed by atoms with van der Waals surface area (Å²) in [4.78, 5) is 25.4. The van der Waals surface area contributed by atoms with E-state index in [1.54, 1.807) is 20.8 Å². The summed E-state index contributed by atoms with van der Waals surface area (Å²) in [5, 5.41) is 14.8. The van der Waals surface area contributed by atoms with Gasteiger partial charge < -0.3 is 15.2 Å². The van der Waals surface area contributed by atoms with Crippen molar-refractivity contribution in [3.05, 3.63) is 12.2 Å². The van der Waals surface area contributed by atoms with Crippen molar-refractivity contribution >= 4 is 12.1 Å². The molecule has 1 amide bonds. The van der Waals surface area contributed by atoms with Crippen LogP contribution in [0.3, 0.4) is 0 Å². The van der Waals surface area contributed by atoms with Crippen molar-refractivity contribution in [1.82, 2.24) is 20.1 Å². The molecule has 0 radical (unpaired) electrons. The largest absolute Gasteiger partial charge is 0.475 e. The molecule has 0 saturated carbocycles. The van der Waals surface area contributed by atoms with Crippen molar-refractivity contribution in [1.29, 1.82) is 0 Å². The second-order valence-electron chi connectivity index (χ2n) is 4.57. The average molecular weight is 256 g/mol. The molecule has 100 valence electrons. The van der Waals surface area contributed by atoms with E-state index in [9.17, 15) is 9.59 Å². The van der Waals surface area contributed by atoms with Crippen LogP contribution < -0.4 is 5.32 Å². The van der Waals surface area contributed by atoms with Crippen LogP contribution in [0.5, 0.6) is 0 Å². The lowest BCUT2D eigenvalue weighted by molar-refractivity contribution is 0.0524. The van der Waals surface area contributed by atoms with Crippen molar-refractivity contribution in [2.75, 3.05) is 6.54 Å². The quantitative estimate of drug-likeness (QED) is 0.812. The van der Waals surface area contributed by atoms with Gasteiger partial charge in [0.2, 0.25) is 0 Å². The SMILES string of the molecule is CC(C)(C)OC(=O)NCCn1cnc(C(=O)O)n1. The van der Waals surface area contributed by atoms with E-state index in [1.807, 2.05) is 0 Å². The minimum absolute atomic E-state index is 0.271. The van der Waals surface area contributed by atoms with Gasteiger partial charge in [0.1, 0.15) is 11.9 Å². The second kappa shape index (κ2) is 5.48. The summed E-state index contributed by atoms with van der Waals surface area (Å²) in [5.74, 6) is -1.46. The maximum Gasteiger partial charge on any atom is 0.407 e. The minimum atomic E-state index is -1.19. The van der Waals surface area contributed by atoms with Crippen LogP contribution >= 0.6 is 0 Å². The lowest BCUT2D eigenvalue weighted by Gasteiger charge is -2.19. The number of carboxylic acid groups (broad SMARTS) is 1. The van der Waals surface area contributed by atoms with Crippen LogP contribution in [0.25, 0.3) is 0 Å². The second-order valence-corrected chi connectivity index (χ2v) is 4.57. The number of nitrogens with zero attached hydrogens (tertiary/aromatic N) is 3. The summed E-state index contributed by atoms with van der Waals surface area (Å²) in [6.07, 6.45) is 0.765. The third kappa shape index (κ3) is 4.81. The number of amides is 1. The van der Waals surface area contributed by atoms with Crippen molar-refractivity contribution in [2.24, 2.45) is 0 Å². The van der Waals surface area contributed by atoms with Gasteiger partial charge in [-0.15, -0.1) is 5.10 Å². The third-order valence-electron chi connectivity index (χ3n) is 1.74. The maximum absolute atomic E-state index is 11.3. The number of hydrogen-bond acceptors (Lipinski definition) is 5. The molecule has 8 heteroatoms. The van der Waals surface area contributed by atoms with Gasteiger partial charge in [0.15, 0.2) is 0 Å². The van der Waals surface area contributed by atoms with E-state index in [0.29, 0.717) is 6.54 Å². The molecule has 0 unspecified atom stereocenters. The van der Waals surface area contributed by atoms with E-state index >= 15 is 0 Å². The summed E-state index contributed by atoms with van der Waals surface area (Å²) in [5.41, 5.74) is -0.548. The number of carbonyl (C=O) groups is 2. The molecule has 1 aromatic rings. The lowest BCUT2D eigenvalue weighted by atomic mass is 10.2. The smallest absolute Gasteiger partial charge is 0.407 e. The van der Waals surface area contributed by atoms with Gasteiger partial charge in [0.05, 0.1) is 6.54 Å². The Morgan fingerprint density at radius 2 is 2.17 bits per heavy atom. The highest BCUT2D eigenvalue weighted by molar-refractivity contribution is 5.82. The van der Waals surface area contributed by atoms with Gasteiger partial charge in [-0.05, 0) is 20.8 Å². The summed E-state index contributed by atoms with van der Waals surface area (Å²) in [6, 6.07) is 0. The number of aromatic carboxylic acids is 1. The number of ether oxygens (including phenoxy) is 1. The molecule has 0 atom stereocenters. The first-order chi connectivity index (χ1) is 8.28. The Hall–Kier alpha value is -2.12. The average Bonchev–Trinajstić information content (AvgIpc) is 2.63. The van der Waals surface area contributed by atoms with E-state index in [4.69, 9.17) is 9.84 Å². The molecule has 1 heterocycles. The molecule has 0 aromatic carbocycles. The highest BCUT2D eigenvalue weighted by Crippen LogP contribution is 2.06. The van der Waals surface area contributed by atoms with Crippen molar-refractivity contribution in [2.45, 2.75) is 32.9 Å². The number of aromatic nitrogens is 3. The predicted octanol–water partition coefficient (Wildman–Crippen LogP) is 0.501. The van der Waals surface area contributed by atoms with Crippen LogP contribution in [0.1, 0.15) is 31.4 Å². The van der Waals surface area contributed by atoms with E-state index < -0.39 is 17.7 Å². The Balaban J connectivity index is 2.33.